The van der Waals surface area contributed by atoms with Crippen molar-refractivity contribution >= 4 is 11.8 Å². The number of hydrogen-bond acceptors (Lipinski definition) is 3. The number of likely N-dealkylation sites (tertiary alicyclic amines) is 1. The highest BCUT2D eigenvalue weighted by atomic mass is 16.2. The van der Waals surface area contributed by atoms with E-state index in [1.165, 1.54) is 10.6 Å². The zero-order chi connectivity index (χ0) is 17.6. The summed E-state index contributed by atoms with van der Waals surface area (Å²) < 4.78 is 1.36. The minimum Gasteiger partial charge on any atom is -0.346 e. The molecule has 25 heavy (non-hydrogen) atoms. The summed E-state index contributed by atoms with van der Waals surface area (Å²) in [6.07, 6.45) is 3.01. The van der Waals surface area contributed by atoms with E-state index in [2.05, 4.69) is 5.32 Å². The first-order valence-electron chi connectivity index (χ1n) is 8.41. The van der Waals surface area contributed by atoms with Gasteiger partial charge < -0.3 is 14.8 Å². The predicted octanol–water partition coefficient (Wildman–Crippen LogP) is 1.33. The monoisotopic (exact) mass is 339 g/mol. The van der Waals surface area contributed by atoms with E-state index in [0.29, 0.717) is 13.0 Å². The number of rotatable bonds is 6. The fourth-order valence-electron chi connectivity index (χ4n) is 3.02. The molecule has 1 fully saturated rings. The van der Waals surface area contributed by atoms with Gasteiger partial charge in [-0.1, -0.05) is 36.4 Å². The molecule has 1 aromatic carbocycles. The molecule has 0 radical (unpaired) electrons. The molecule has 1 saturated heterocycles. The van der Waals surface area contributed by atoms with Crippen molar-refractivity contribution in [2.75, 3.05) is 13.1 Å². The van der Waals surface area contributed by atoms with Crippen LogP contribution in [0.2, 0.25) is 0 Å². The third-order valence-electron chi connectivity index (χ3n) is 4.32. The molecular formula is C19H21N3O3. The predicted molar refractivity (Wildman–Crippen MR) is 93.8 cm³/mol. The minimum absolute atomic E-state index is 0.0447. The van der Waals surface area contributed by atoms with E-state index in [1.54, 1.807) is 23.2 Å². The average molecular weight is 339 g/mol. The molecule has 3 rings (SSSR count). The van der Waals surface area contributed by atoms with Crippen LogP contribution in [0.15, 0.2) is 59.5 Å². The fourth-order valence-corrected chi connectivity index (χ4v) is 3.02. The summed E-state index contributed by atoms with van der Waals surface area (Å²) in [6, 6.07) is 14.1. The van der Waals surface area contributed by atoms with E-state index in [4.69, 9.17) is 0 Å². The highest BCUT2D eigenvalue weighted by molar-refractivity contribution is 5.79. The van der Waals surface area contributed by atoms with Gasteiger partial charge in [-0.2, -0.15) is 0 Å². The zero-order valence-corrected chi connectivity index (χ0v) is 13.9. The quantitative estimate of drug-likeness (QED) is 0.863. The first-order valence-corrected chi connectivity index (χ1v) is 8.41. The average Bonchev–Trinajstić information content (AvgIpc) is 3.02. The van der Waals surface area contributed by atoms with Gasteiger partial charge in [0.25, 0.3) is 5.56 Å². The molecule has 0 bridgehead atoms. The van der Waals surface area contributed by atoms with Gasteiger partial charge in [0.15, 0.2) is 0 Å². The number of nitrogens with zero attached hydrogens (tertiary/aromatic N) is 2. The van der Waals surface area contributed by atoms with Crippen molar-refractivity contribution in [2.24, 2.45) is 0 Å². The molecular weight excluding hydrogens is 318 g/mol. The number of carbonyl (C=O) groups excluding carboxylic acids is 2. The highest BCUT2D eigenvalue weighted by Gasteiger charge is 2.25. The van der Waals surface area contributed by atoms with E-state index < -0.39 is 0 Å². The first-order chi connectivity index (χ1) is 12.1. The van der Waals surface area contributed by atoms with E-state index in [-0.39, 0.29) is 30.0 Å². The maximum absolute atomic E-state index is 12.4. The van der Waals surface area contributed by atoms with Crippen LogP contribution in [0.1, 0.15) is 24.4 Å². The van der Waals surface area contributed by atoms with Crippen LogP contribution in [-0.2, 0) is 16.1 Å². The molecule has 1 aliphatic rings. The molecule has 6 nitrogen and oxygen atoms in total. The largest absolute Gasteiger partial charge is 0.346 e. The number of benzene rings is 1. The van der Waals surface area contributed by atoms with Crippen LogP contribution >= 0.6 is 0 Å². The van der Waals surface area contributed by atoms with E-state index in [1.807, 2.05) is 30.3 Å². The van der Waals surface area contributed by atoms with Gasteiger partial charge in [0.05, 0.1) is 6.04 Å². The molecule has 0 spiro atoms. The second kappa shape index (κ2) is 7.79. The van der Waals surface area contributed by atoms with Gasteiger partial charge in [-0.3, -0.25) is 14.4 Å². The van der Waals surface area contributed by atoms with Gasteiger partial charge in [-0.25, -0.2) is 0 Å². The molecule has 0 saturated carbocycles. The molecule has 1 aliphatic heterocycles. The van der Waals surface area contributed by atoms with Crippen LogP contribution in [0.3, 0.4) is 0 Å². The maximum Gasteiger partial charge on any atom is 0.250 e. The molecule has 2 heterocycles. The molecule has 2 amide bonds. The Bertz CT molecular complexity index is 801. The third kappa shape index (κ3) is 4.35. The van der Waals surface area contributed by atoms with Crippen molar-refractivity contribution in [3.63, 3.8) is 0 Å². The van der Waals surface area contributed by atoms with E-state index >= 15 is 0 Å². The Hall–Kier alpha value is -2.89. The molecule has 130 valence electrons. The van der Waals surface area contributed by atoms with Crippen LogP contribution < -0.4 is 10.9 Å². The summed E-state index contributed by atoms with van der Waals surface area (Å²) in [7, 11) is 0. The lowest BCUT2D eigenvalue weighted by molar-refractivity contribution is -0.129. The summed E-state index contributed by atoms with van der Waals surface area (Å²) in [6.45, 7) is 1.12. The third-order valence-corrected chi connectivity index (χ3v) is 4.32. The topological polar surface area (TPSA) is 71.4 Å². The summed E-state index contributed by atoms with van der Waals surface area (Å²) in [5, 5.41) is 2.96. The van der Waals surface area contributed by atoms with Crippen LogP contribution in [0, 0.1) is 0 Å². The Morgan fingerprint density at radius 3 is 2.52 bits per heavy atom. The van der Waals surface area contributed by atoms with Gasteiger partial charge in [-0.15, -0.1) is 0 Å². The Morgan fingerprint density at radius 1 is 1.08 bits per heavy atom. The number of pyridine rings is 1. The fraction of sp³-hybridized carbons (Fsp3) is 0.316. The van der Waals surface area contributed by atoms with Crippen molar-refractivity contribution in [1.82, 2.24) is 14.8 Å². The van der Waals surface area contributed by atoms with Crippen LogP contribution in [-0.4, -0.2) is 34.4 Å². The molecule has 1 atom stereocenters. The van der Waals surface area contributed by atoms with Gasteiger partial charge in [0.2, 0.25) is 11.8 Å². The Labute approximate surface area is 146 Å². The number of aromatic nitrogens is 1. The lowest BCUT2D eigenvalue weighted by Gasteiger charge is -2.25. The number of amides is 2. The van der Waals surface area contributed by atoms with Gasteiger partial charge in [-0.05, 0) is 18.1 Å². The van der Waals surface area contributed by atoms with Gasteiger partial charge in [0.1, 0.15) is 6.54 Å². The molecule has 1 unspecified atom stereocenters. The molecule has 0 aliphatic carbocycles. The number of carbonyl (C=O) groups is 2. The van der Waals surface area contributed by atoms with Crippen LogP contribution in [0.5, 0.6) is 0 Å². The Morgan fingerprint density at radius 2 is 1.84 bits per heavy atom. The molecule has 1 aromatic heterocycles. The number of hydrogen-bond donors (Lipinski definition) is 1. The second-order valence-corrected chi connectivity index (χ2v) is 6.14. The first kappa shape index (κ1) is 17.0. The van der Waals surface area contributed by atoms with Crippen LogP contribution in [0.25, 0.3) is 0 Å². The lowest BCUT2D eigenvalue weighted by Crippen LogP contribution is -2.40. The second-order valence-electron chi connectivity index (χ2n) is 6.14. The Kier molecular flexibility index (Phi) is 5.28. The summed E-state index contributed by atoms with van der Waals surface area (Å²) in [5.74, 6) is -0.136. The highest BCUT2D eigenvalue weighted by Crippen LogP contribution is 2.18. The smallest absolute Gasteiger partial charge is 0.250 e. The van der Waals surface area contributed by atoms with Crippen molar-refractivity contribution < 1.29 is 9.59 Å². The summed E-state index contributed by atoms with van der Waals surface area (Å²) >= 11 is 0. The minimum atomic E-state index is -0.296. The standard InChI is InChI=1S/C19H21N3O3/c23-17(14-22-11-5-4-9-18(22)24)20-16(15-7-2-1-3-8-15)13-21-12-6-10-19(21)25/h1-5,7-9,11,16H,6,10,12-14H2,(H,20,23). The molecule has 2 aromatic rings. The van der Waals surface area contributed by atoms with Crippen molar-refractivity contribution in [3.8, 4) is 0 Å². The molecule has 6 heteroatoms. The SMILES string of the molecule is O=C(Cn1ccccc1=O)NC(CN1CCCC1=O)c1ccccc1. The lowest BCUT2D eigenvalue weighted by atomic mass is 10.1. The van der Waals surface area contributed by atoms with Crippen molar-refractivity contribution in [2.45, 2.75) is 25.4 Å². The van der Waals surface area contributed by atoms with Crippen molar-refractivity contribution in [3.05, 3.63) is 70.6 Å². The Balaban J connectivity index is 1.73. The van der Waals surface area contributed by atoms with E-state index in [9.17, 15) is 14.4 Å². The number of nitrogens with one attached hydrogen (secondary N) is 1. The normalized spacial score (nSPS) is 15.2. The summed E-state index contributed by atoms with van der Waals surface area (Å²) in [5.41, 5.74) is 0.722. The zero-order valence-electron chi connectivity index (χ0n) is 13.9. The van der Waals surface area contributed by atoms with Crippen molar-refractivity contribution in [1.29, 1.82) is 0 Å². The van der Waals surface area contributed by atoms with Crippen LogP contribution in [0.4, 0.5) is 0 Å². The molecule has 1 N–H and O–H groups in total. The van der Waals surface area contributed by atoms with Gasteiger partial charge in [0, 0.05) is 31.8 Å². The maximum atomic E-state index is 12.4. The summed E-state index contributed by atoms with van der Waals surface area (Å²) in [4.78, 5) is 37.9. The van der Waals surface area contributed by atoms with E-state index in [0.717, 1.165) is 18.5 Å². The van der Waals surface area contributed by atoms with Gasteiger partial charge >= 0.3 is 0 Å².